The van der Waals surface area contributed by atoms with E-state index in [0.717, 1.165) is 24.9 Å². The number of amides is 1. The lowest BCUT2D eigenvalue weighted by Gasteiger charge is -2.57. The summed E-state index contributed by atoms with van der Waals surface area (Å²) >= 11 is 9.92. The van der Waals surface area contributed by atoms with E-state index in [1.807, 2.05) is 18.2 Å². The lowest BCUT2D eigenvalue weighted by atomic mass is 9.53. The Balaban J connectivity index is 1.43. The van der Waals surface area contributed by atoms with Crippen LogP contribution < -0.4 is 10.6 Å². The van der Waals surface area contributed by atoms with Gasteiger partial charge < -0.3 is 5.32 Å². The van der Waals surface area contributed by atoms with E-state index in [4.69, 9.17) is 12.2 Å². The summed E-state index contributed by atoms with van der Waals surface area (Å²) in [4.78, 5) is 12.6. The Morgan fingerprint density at radius 3 is 2.25 bits per heavy atom. The highest BCUT2D eigenvalue weighted by Crippen LogP contribution is 2.55. The number of halogens is 2. The number of nitrogens with one attached hydrogen (secondary N) is 2. The maximum absolute atomic E-state index is 12.6. The average Bonchev–Trinajstić information content (AvgIpc) is 2.47. The first-order valence-corrected chi connectivity index (χ1v) is 11.1. The maximum atomic E-state index is 12.6. The number of thiocarbonyl (C=S) groups is 1. The molecular formula is C18H20I2N2OS. The molecule has 0 atom stereocenters. The Morgan fingerprint density at radius 1 is 1.08 bits per heavy atom. The normalized spacial score (nSPS) is 33.3. The fraction of sp³-hybridized carbons (Fsp3) is 0.556. The van der Waals surface area contributed by atoms with Crippen molar-refractivity contribution in [3.63, 3.8) is 0 Å². The van der Waals surface area contributed by atoms with E-state index in [-0.39, 0.29) is 11.4 Å². The SMILES string of the molecule is O=C(NC(=S)NC12CC3CC(CC(C3)C1)C2)c1cc(I)ccc1I. The Hall–Kier alpha value is 0.0400. The summed E-state index contributed by atoms with van der Waals surface area (Å²) in [5, 5.41) is 6.96. The van der Waals surface area contributed by atoms with Gasteiger partial charge in [-0.2, -0.15) is 0 Å². The highest BCUT2D eigenvalue weighted by Gasteiger charge is 2.51. The maximum Gasteiger partial charge on any atom is 0.258 e. The van der Waals surface area contributed by atoms with Gasteiger partial charge in [-0.05, 0) is 132 Å². The van der Waals surface area contributed by atoms with E-state index < -0.39 is 0 Å². The zero-order valence-electron chi connectivity index (χ0n) is 13.3. The molecule has 0 heterocycles. The zero-order valence-corrected chi connectivity index (χ0v) is 18.4. The second-order valence-electron chi connectivity index (χ2n) is 7.73. The van der Waals surface area contributed by atoms with Crippen molar-refractivity contribution in [2.75, 3.05) is 0 Å². The number of benzene rings is 1. The standard InChI is InChI=1S/C18H20I2N2OS/c19-13-1-2-15(20)14(6-13)16(23)21-17(24)22-18-7-10-3-11(8-18)5-12(4-10)9-18/h1-2,6,10-12H,3-5,7-9H2,(H2,21,22,23,24). The predicted octanol–water partition coefficient (Wildman–Crippen LogP) is 4.47. The van der Waals surface area contributed by atoms with Gasteiger partial charge in [-0.15, -0.1) is 0 Å². The first-order valence-electron chi connectivity index (χ1n) is 8.51. The van der Waals surface area contributed by atoms with E-state index in [9.17, 15) is 4.79 Å². The molecule has 24 heavy (non-hydrogen) atoms. The molecule has 2 N–H and O–H groups in total. The molecule has 4 fully saturated rings. The highest BCUT2D eigenvalue weighted by molar-refractivity contribution is 14.1. The molecule has 1 aromatic carbocycles. The smallest absolute Gasteiger partial charge is 0.258 e. The minimum atomic E-state index is -0.111. The van der Waals surface area contributed by atoms with Crippen molar-refractivity contribution in [2.24, 2.45) is 17.8 Å². The molecule has 1 aromatic rings. The summed E-state index contributed by atoms with van der Waals surface area (Å²) < 4.78 is 2.00. The van der Waals surface area contributed by atoms with Crippen LogP contribution in [-0.4, -0.2) is 16.6 Å². The lowest BCUT2D eigenvalue weighted by Crippen LogP contribution is -2.61. The van der Waals surface area contributed by atoms with Crippen LogP contribution in [0.2, 0.25) is 0 Å². The molecule has 4 aliphatic carbocycles. The fourth-order valence-corrected chi connectivity index (χ4v) is 6.76. The van der Waals surface area contributed by atoms with Gasteiger partial charge in [0.25, 0.3) is 5.91 Å². The van der Waals surface area contributed by atoms with Crippen LogP contribution in [0.1, 0.15) is 48.9 Å². The van der Waals surface area contributed by atoms with Crippen molar-refractivity contribution in [3.8, 4) is 0 Å². The number of hydrogen-bond acceptors (Lipinski definition) is 2. The van der Waals surface area contributed by atoms with Crippen molar-refractivity contribution < 1.29 is 4.79 Å². The van der Waals surface area contributed by atoms with Crippen LogP contribution in [0.25, 0.3) is 0 Å². The van der Waals surface area contributed by atoms with Crippen LogP contribution in [0.5, 0.6) is 0 Å². The first kappa shape index (κ1) is 17.5. The van der Waals surface area contributed by atoms with Gasteiger partial charge in [-0.1, -0.05) is 0 Å². The predicted molar refractivity (Wildman–Crippen MR) is 116 cm³/mol. The van der Waals surface area contributed by atoms with Gasteiger partial charge in [0.05, 0.1) is 5.56 Å². The Bertz CT molecular complexity index is 671. The number of rotatable bonds is 2. The van der Waals surface area contributed by atoms with E-state index in [1.54, 1.807) is 0 Å². The van der Waals surface area contributed by atoms with Gasteiger partial charge in [-0.25, -0.2) is 0 Å². The summed E-state index contributed by atoms with van der Waals surface area (Å²) in [6, 6.07) is 5.88. The second-order valence-corrected chi connectivity index (χ2v) is 10.5. The average molecular weight is 566 g/mol. The Kier molecular flexibility index (Phi) is 4.83. The molecule has 5 rings (SSSR count). The summed E-state index contributed by atoms with van der Waals surface area (Å²) in [5.74, 6) is 2.47. The van der Waals surface area contributed by atoms with Crippen molar-refractivity contribution in [1.29, 1.82) is 0 Å². The third-order valence-corrected chi connectivity index (χ3v) is 7.63. The summed E-state index contributed by atoms with van der Waals surface area (Å²) in [6.45, 7) is 0. The van der Waals surface area contributed by atoms with Gasteiger partial charge >= 0.3 is 0 Å². The molecule has 3 nitrogen and oxygen atoms in total. The van der Waals surface area contributed by atoms with Crippen molar-refractivity contribution >= 4 is 68.4 Å². The van der Waals surface area contributed by atoms with Crippen LogP contribution in [0.3, 0.4) is 0 Å². The highest BCUT2D eigenvalue weighted by atomic mass is 127. The Morgan fingerprint density at radius 2 is 1.67 bits per heavy atom. The zero-order chi connectivity index (χ0) is 16.9. The van der Waals surface area contributed by atoms with Gasteiger partial charge in [0, 0.05) is 12.7 Å². The molecule has 0 radical (unpaired) electrons. The minimum absolute atomic E-state index is 0.111. The number of carbonyl (C=O) groups is 1. The molecule has 0 saturated heterocycles. The minimum Gasteiger partial charge on any atom is -0.357 e. The second kappa shape index (κ2) is 6.64. The fourth-order valence-electron chi connectivity index (χ4n) is 5.38. The molecule has 0 aliphatic heterocycles. The van der Waals surface area contributed by atoms with Gasteiger partial charge in [0.2, 0.25) is 0 Å². The molecule has 4 saturated carbocycles. The largest absolute Gasteiger partial charge is 0.357 e. The van der Waals surface area contributed by atoms with Crippen molar-refractivity contribution in [3.05, 3.63) is 30.9 Å². The van der Waals surface area contributed by atoms with Crippen LogP contribution in [-0.2, 0) is 0 Å². The van der Waals surface area contributed by atoms with Crippen LogP contribution in [0.4, 0.5) is 0 Å². The van der Waals surface area contributed by atoms with Gasteiger partial charge in [-0.3, -0.25) is 10.1 Å². The lowest BCUT2D eigenvalue weighted by molar-refractivity contribution is -0.0101. The molecule has 0 unspecified atom stereocenters. The van der Waals surface area contributed by atoms with Gasteiger partial charge in [0.1, 0.15) is 0 Å². The molecule has 4 aliphatic rings. The van der Waals surface area contributed by atoms with Crippen LogP contribution >= 0.6 is 57.4 Å². The van der Waals surface area contributed by atoms with Crippen LogP contribution in [0.15, 0.2) is 18.2 Å². The molecule has 0 aromatic heterocycles. The Labute approximate surface area is 175 Å². The van der Waals surface area contributed by atoms with E-state index in [2.05, 4.69) is 55.8 Å². The third-order valence-electron chi connectivity index (χ3n) is 5.82. The van der Waals surface area contributed by atoms with Gasteiger partial charge in [0.15, 0.2) is 5.11 Å². The topological polar surface area (TPSA) is 41.1 Å². The molecule has 4 bridgehead atoms. The van der Waals surface area contributed by atoms with E-state index in [1.165, 1.54) is 38.5 Å². The quantitative estimate of drug-likeness (QED) is 0.411. The summed E-state index contributed by atoms with van der Waals surface area (Å²) in [5.41, 5.74) is 0.828. The first-order chi connectivity index (χ1) is 11.4. The third kappa shape index (κ3) is 3.47. The number of hydrogen-bond donors (Lipinski definition) is 2. The van der Waals surface area contributed by atoms with Crippen molar-refractivity contribution in [1.82, 2.24) is 10.6 Å². The monoisotopic (exact) mass is 566 g/mol. The van der Waals surface area contributed by atoms with E-state index in [0.29, 0.717) is 10.7 Å². The molecule has 1 amide bonds. The van der Waals surface area contributed by atoms with E-state index >= 15 is 0 Å². The molecule has 6 heteroatoms. The molecular weight excluding hydrogens is 546 g/mol. The summed E-state index contributed by atoms with van der Waals surface area (Å²) in [7, 11) is 0. The van der Waals surface area contributed by atoms with Crippen LogP contribution in [0, 0.1) is 24.9 Å². The summed E-state index contributed by atoms with van der Waals surface area (Å²) in [6.07, 6.45) is 7.86. The molecule has 0 spiro atoms. The molecule has 128 valence electrons. The number of carbonyl (C=O) groups excluding carboxylic acids is 1. The van der Waals surface area contributed by atoms with Crippen molar-refractivity contribution in [2.45, 2.75) is 44.1 Å².